The summed E-state index contributed by atoms with van der Waals surface area (Å²) < 4.78 is 6.51. The minimum absolute atomic E-state index is 0.205. The van der Waals surface area contributed by atoms with E-state index in [-0.39, 0.29) is 11.6 Å². The molecule has 2 aromatic heterocycles. The number of benzene rings is 1. The maximum atomic E-state index is 12.1. The third-order valence-corrected chi connectivity index (χ3v) is 4.03. The average Bonchev–Trinajstić information content (AvgIpc) is 3.13. The summed E-state index contributed by atoms with van der Waals surface area (Å²) in [5.74, 6) is 0.710. The highest BCUT2D eigenvalue weighted by Crippen LogP contribution is 2.26. The predicted molar refractivity (Wildman–Crippen MR) is 87.0 cm³/mol. The number of halogens is 2. The van der Waals surface area contributed by atoms with Gasteiger partial charge in [-0.3, -0.25) is 4.79 Å². The Hall–Kier alpha value is -2.31. The summed E-state index contributed by atoms with van der Waals surface area (Å²) in [7, 11) is 0. The van der Waals surface area contributed by atoms with E-state index in [1.807, 2.05) is 12.1 Å². The van der Waals surface area contributed by atoms with Crippen LogP contribution in [-0.2, 0) is 6.54 Å². The van der Waals surface area contributed by atoms with Gasteiger partial charge in [-0.2, -0.15) is 5.10 Å². The molecule has 1 N–H and O–H groups in total. The van der Waals surface area contributed by atoms with Crippen molar-refractivity contribution in [2.45, 2.75) is 13.5 Å². The van der Waals surface area contributed by atoms with Crippen LogP contribution >= 0.6 is 23.2 Å². The molecule has 3 aromatic rings. The maximum Gasteiger partial charge on any atom is 0.278 e. The number of aromatic nitrogens is 3. The van der Waals surface area contributed by atoms with Gasteiger partial charge in [0.05, 0.1) is 22.8 Å². The summed E-state index contributed by atoms with van der Waals surface area (Å²) in [6.07, 6.45) is 1.59. The van der Waals surface area contributed by atoms with Crippen molar-refractivity contribution in [3.63, 3.8) is 0 Å². The Labute approximate surface area is 142 Å². The van der Waals surface area contributed by atoms with Crippen molar-refractivity contribution in [2.75, 3.05) is 5.32 Å². The minimum Gasteiger partial charge on any atom is -0.361 e. The fourth-order valence-electron chi connectivity index (χ4n) is 2.05. The van der Waals surface area contributed by atoms with Gasteiger partial charge < -0.3 is 9.84 Å². The first-order chi connectivity index (χ1) is 11.0. The first-order valence-corrected chi connectivity index (χ1v) is 7.49. The Morgan fingerprint density at radius 2 is 2.17 bits per heavy atom. The third-order valence-electron chi connectivity index (χ3n) is 3.17. The first-order valence-electron chi connectivity index (χ1n) is 6.74. The van der Waals surface area contributed by atoms with E-state index in [9.17, 15) is 4.79 Å². The van der Waals surface area contributed by atoms with Crippen LogP contribution in [0.4, 0.5) is 5.82 Å². The predicted octanol–water partition coefficient (Wildman–Crippen LogP) is 3.79. The van der Waals surface area contributed by atoms with Gasteiger partial charge in [0.1, 0.15) is 11.6 Å². The lowest BCUT2D eigenvalue weighted by Gasteiger charge is -2.10. The summed E-state index contributed by atoms with van der Waals surface area (Å²) in [5.41, 5.74) is 1.01. The number of rotatable bonds is 4. The van der Waals surface area contributed by atoms with E-state index in [1.165, 1.54) is 0 Å². The van der Waals surface area contributed by atoms with E-state index < -0.39 is 0 Å². The zero-order valence-corrected chi connectivity index (χ0v) is 13.6. The van der Waals surface area contributed by atoms with Crippen LogP contribution in [0.3, 0.4) is 0 Å². The molecule has 0 unspecified atom stereocenters. The number of amides is 1. The molecule has 118 valence electrons. The van der Waals surface area contributed by atoms with Crippen molar-refractivity contribution < 1.29 is 9.32 Å². The SMILES string of the molecule is Cc1cc(C(=O)Nc2ccnn2Cc2cccc(Cl)c2Cl)no1. The summed E-state index contributed by atoms with van der Waals surface area (Å²) in [5, 5.41) is 11.5. The normalized spacial score (nSPS) is 10.7. The molecule has 0 bridgehead atoms. The van der Waals surface area contributed by atoms with Gasteiger partial charge in [-0.15, -0.1) is 0 Å². The Morgan fingerprint density at radius 3 is 2.91 bits per heavy atom. The lowest BCUT2D eigenvalue weighted by Crippen LogP contribution is -2.16. The van der Waals surface area contributed by atoms with Gasteiger partial charge in [0.15, 0.2) is 5.69 Å². The molecule has 6 nitrogen and oxygen atoms in total. The van der Waals surface area contributed by atoms with Crippen LogP contribution in [0.2, 0.25) is 10.0 Å². The van der Waals surface area contributed by atoms with Crippen molar-refractivity contribution in [1.29, 1.82) is 0 Å². The molecule has 1 aromatic carbocycles. The van der Waals surface area contributed by atoms with Crippen molar-refractivity contribution in [3.8, 4) is 0 Å². The molecule has 3 rings (SSSR count). The molecule has 8 heteroatoms. The number of hydrogen-bond donors (Lipinski definition) is 1. The van der Waals surface area contributed by atoms with E-state index in [2.05, 4.69) is 15.6 Å². The fourth-order valence-corrected chi connectivity index (χ4v) is 2.43. The Bertz CT molecular complexity index is 857. The van der Waals surface area contributed by atoms with Crippen molar-refractivity contribution in [1.82, 2.24) is 14.9 Å². The molecule has 0 saturated carbocycles. The standard InChI is InChI=1S/C15H12Cl2N4O2/c1-9-7-12(20-23-9)15(22)19-13-5-6-18-21(13)8-10-3-2-4-11(16)14(10)17/h2-7H,8H2,1H3,(H,19,22). The second kappa shape index (κ2) is 6.44. The molecule has 0 saturated heterocycles. The largest absolute Gasteiger partial charge is 0.361 e. The van der Waals surface area contributed by atoms with Gasteiger partial charge in [0.25, 0.3) is 5.91 Å². The number of nitrogens with zero attached hydrogens (tertiary/aromatic N) is 3. The molecule has 0 aliphatic heterocycles. The molecule has 0 aliphatic carbocycles. The van der Waals surface area contributed by atoms with Gasteiger partial charge in [-0.05, 0) is 18.6 Å². The second-order valence-electron chi connectivity index (χ2n) is 4.86. The number of hydrogen-bond acceptors (Lipinski definition) is 4. The quantitative estimate of drug-likeness (QED) is 0.776. The van der Waals surface area contributed by atoms with Crippen LogP contribution in [-0.4, -0.2) is 20.8 Å². The van der Waals surface area contributed by atoms with Crippen LogP contribution in [0.15, 0.2) is 41.1 Å². The lowest BCUT2D eigenvalue weighted by molar-refractivity contribution is 0.101. The third kappa shape index (κ3) is 3.38. The summed E-state index contributed by atoms with van der Waals surface area (Å²) in [6, 6.07) is 8.62. The van der Waals surface area contributed by atoms with E-state index in [0.717, 1.165) is 5.56 Å². The Kier molecular flexibility index (Phi) is 4.36. The van der Waals surface area contributed by atoms with E-state index in [0.29, 0.717) is 28.2 Å². The first kappa shape index (κ1) is 15.6. The van der Waals surface area contributed by atoms with E-state index in [4.69, 9.17) is 27.7 Å². The highest BCUT2D eigenvalue weighted by atomic mass is 35.5. The second-order valence-corrected chi connectivity index (χ2v) is 5.65. The van der Waals surface area contributed by atoms with Crippen molar-refractivity contribution in [3.05, 3.63) is 63.6 Å². The molecule has 23 heavy (non-hydrogen) atoms. The number of nitrogens with one attached hydrogen (secondary N) is 1. The maximum absolute atomic E-state index is 12.1. The Balaban J connectivity index is 1.80. The van der Waals surface area contributed by atoms with Crippen LogP contribution in [0.5, 0.6) is 0 Å². The van der Waals surface area contributed by atoms with Gasteiger partial charge in [-0.25, -0.2) is 4.68 Å². The molecule has 2 heterocycles. The topological polar surface area (TPSA) is 73.0 Å². The molecular weight excluding hydrogens is 339 g/mol. The number of anilines is 1. The molecule has 0 atom stereocenters. The average molecular weight is 351 g/mol. The fraction of sp³-hybridized carbons (Fsp3) is 0.133. The van der Waals surface area contributed by atoms with Crippen LogP contribution in [0.1, 0.15) is 21.8 Å². The van der Waals surface area contributed by atoms with Crippen LogP contribution in [0.25, 0.3) is 0 Å². The van der Waals surface area contributed by atoms with Gasteiger partial charge in [0, 0.05) is 12.1 Å². The molecule has 0 aliphatic rings. The monoisotopic (exact) mass is 350 g/mol. The van der Waals surface area contributed by atoms with Crippen LogP contribution < -0.4 is 5.32 Å². The van der Waals surface area contributed by atoms with Crippen molar-refractivity contribution >= 4 is 34.9 Å². The van der Waals surface area contributed by atoms with E-state index in [1.54, 1.807) is 36.0 Å². The summed E-state index contributed by atoms with van der Waals surface area (Å²) >= 11 is 12.2. The summed E-state index contributed by atoms with van der Waals surface area (Å²) in [4.78, 5) is 12.1. The lowest BCUT2D eigenvalue weighted by atomic mass is 10.2. The molecule has 0 fully saturated rings. The highest BCUT2D eigenvalue weighted by molar-refractivity contribution is 6.42. The molecule has 0 radical (unpaired) electrons. The number of carbonyl (C=O) groups excluding carboxylic acids is 1. The number of aryl methyl sites for hydroxylation is 1. The van der Waals surface area contributed by atoms with E-state index >= 15 is 0 Å². The molecule has 1 amide bonds. The van der Waals surface area contributed by atoms with Crippen LogP contribution in [0, 0.1) is 6.92 Å². The van der Waals surface area contributed by atoms with Gasteiger partial charge in [-0.1, -0.05) is 40.5 Å². The zero-order valence-electron chi connectivity index (χ0n) is 12.1. The van der Waals surface area contributed by atoms with Gasteiger partial charge >= 0.3 is 0 Å². The molecule has 0 spiro atoms. The highest BCUT2D eigenvalue weighted by Gasteiger charge is 2.14. The zero-order chi connectivity index (χ0) is 16.4. The molecular formula is C15H12Cl2N4O2. The number of carbonyl (C=O) groups is 1. The summed E-state index contributed by atoms with van der Waals surface area (Å²) in [6.45, 7) is 2.09. The Morgan fingerprint density at radius 1 is 1.35 bits per heavy atom. The van der Waals surface area contributed by atoms with Crippen molar-refractivity contribution in [2.24, 2.45) is 0 Å². The minimum atomic E-state index is -0.374. The smallest absolute Gasteiger partial charge is 0.278 e. The van der Waals surface area contributed by atoms with Gasteiger partial charge in [0.2, 0.25) is 0 Å².